The molecule has 0 bridgehead atoms. The van der Waals surface area contributed by atoms with Crippen LogP contribution in [-0.2, 0) is 14.8 Å². The van der Waals surface area contributed by atoms with E-state index in [-0.39, 0.29) is 22.3 Å². The van der Waals surface area contributed by atoms with Crippen molar-refractivity contribution in [2.45, 2.75) is 31.7 Å². The molecule has 0 saturated heterocycles. The predicted molar refractivity (Wildman–Crippen MR) is 117 cm³/mol. The number of carbonyl (C=O) groups is 2. The summed E-state index contributed by atoms with van der Waals surface area (Å²) in [5.74, 6) is -1.14. The van der Waals surface area contributed by atoms with Crippen molar-refractivity contribution in [1.29, 1.82) is 0 Å². The largest absolute Gasteiger partial charge is 0.454 e. The van der Waals surface area contributed by atoms with E-state index < -0.39 is 22.6 Å². The standard InChI is InChI=1S/C21H21BrN2O5S/c1-12(2)24-30(27,28)14-8-9-17(22)16(10-14)21(26)29-11-19(25)20-13(3)23-18-7-5-4-6-15(18)20/h4-10,12,23-24H,11H2,1-3H3. The summed E-state index contributed by atoms with van der Waals surface area (Å²) in [6.45, 7) is 4.71. The van der Waals surface area contributed by atoms with Crippen LogP contribution in [0.2, 0.25) is 0 Å². The Morgan fingerprint density at radius 3 is 2.57 bits per heavy atom. The predicted octanol–water partition coefficient (Wildman–Crippen LogP) is 3.97. The Morgan fingerprint density at radius 2 is 1.87 bits per heavy atom. The first kappa shape index (κ1) is 22.2. The molecule has 0 aliphatic heterocycles. The fourth-order valence-electron chi connectivity index (χ4n) is 3.12. The summed E-state index contributed by atoms with van der Waals surface area (Å²) in [7, 11) is -3.78. The van der Waals surface area contributed by atoms with Crippen LogP contribution in [0, 0.1) is 6.92 Å². The number of aryl methyl sites for hydroxylation is 1. The van der Waals surface area contributed by atoms with Gasteiger partial charge in [-0.2, -0.15) is 0 Å². The Labute approximate surface area is 183 Å². The summed E-state index contributed by atoms with van der Waals surface area (Å²) in [5, 5.41) is 0.755. The summed E-state index contributed by atoms with van der Waals surface area (Å²) < 4.78 is 32.8. The Kier molecular flexibility index (Phi) is 6.44. The van der Waals surface area contributed by atoms with E-state index in [1.54, 1.807) is 20.8 Å². The maximum absolute atomic E-state index is 12.7. The summed E-state index contributed by atoms with van der Waals surface area (Å²) in [4.78, 5) is 28.3. The third kappa shape index (κ3) is 4.63. The van der Waals surface area contributed by atoms with Crippen LogP contribution in [0.4, 0.5) is 0 Å². The number of aromatic amines is 1. The first-order chi connectivity index (χ1) is 14.1. The van der Waals surface area contributed by atoms with E-state index in [1.165, 1.54) is 18.2 Å². The van der Waals surface area contributed by atoms with E-state index in [0.717, 1.165) is 10.9 Å². The van der Waals surface area contributed by atoms with Gasteiger partial charge in [0.05, 0.1) is 10.5 Å². The fourth-order valence-corrected chi connectivity index (χ4v) is 4.81. The van der Waals surface area contributed by atoms with Crippen LogP contribution in [0.3, 0.4) is 0 Å². The van der Waals surface area contributed by atoms with Crippen molar-refractivity contribution in [3.8, 4) is 0 Å². The van der Waals surface area contributed by atoms with Gasteiger partial charge >= 0.3 is 5.97 Å². The van der Waals surface area contributed by atoms with Gasteiger partial charge in [-0.25, -0.2) is 17.9 Å². The summed E-state index contributed by atoms with van der Waals surface area (Å²) >= 11 is 3.23. The number of carbonyl (C=O) groups excluding carboxylic acids is 2. The maximum Gasteiger partial charge on any atom is 0.339 e. The number of rotatable bonds is 7. The van der Waals surface area contributed by atoms with E-state index in [2.05, 4.69) is 25.6 Å². The molecule has 2 N–H and O–H groups in total. The van der Waals surface area contributed by atoms with Gasteiger partial charge in [-0.15, -0.1) is 0 Å². The Bertz CT molecular complexity index is 1230. The van der Waals surface area contributed by atoms with Crippen molar-refractivity contribution >= 4 is 48.6 Å². The number of hydrogen-bond donors (Lipinski definition) is 2. The number of nitrogens with one attached hydrogen (secondary N) is 2. The third-order valence-corrected chi connectivity index (χ3v) is 6.71. The molecule has 2 aromatic carbocycles. The zero-order valence-corrected chi connectivity index (χ0v) is 19.1. The quantitative estimate of drug-likeness (QED) is 0.383. The number of ketones is 1. The van der Waals surface area contributed by atoms with Gasteiger partial charge in [0.1, 0.15) is 0 Å². The number of halogens is 1. The van der Waals surface area contributed by atoms with E-state index in [9.17, 15) is 18.0 Å². The van der Waals surface area contributed by atoms with E-state index in [1.807, 2.05) is 24.3 Å². The number of Topliss-reactive ketones (excluding diaryl/α,β-unsaturated/α-hetero) is 1. The van der Waals surface area contributed by atoms with Crippen LogP contribution in [0.1, 0.15) is 40.3 Å². The first-order valence-corrected chi connectivity index (χ1v) is 11.5. The first-order valence-electron chi connectivity index (χ1n) is 9.19. The molecule has 0 amide bonds. The number of aromatic nitrogens is 1. The second-order valence-corrected chi connectivity index (χ2v) is 9.66. The molecule has 1 aromatic heterocycles. The molecule has 0 fully saturated rings. The van der Waals surface area contributed by atoms with E-state index in [4.69, 9.17) is 4.74 Å². The molecular weight excluding hydrogens is 472 g/mol. The van der Waals surface area contributed by atoms with Gasteiger partial charge in [-0.1, -0.05) is 18.2 Å². The van der Waals surface area contributed by atoms with Crippen molar-refractivity contribution in [2.75, 3.05) is 6.61 Å². The van der Waals surface area contributed by atoms with Crippen molar-refractivity contribution in [1.82, 2.24) is 9.71 Å². The summed E-state index contributed by atoms with van der Waals surface area (Å²) in [5.41, 5.74) is 1.99. The average molecular weight is 493 g/mol. The summed E-state index contributed by atoms with van der Waals surface area (Å²) in [6.07, 6.45) is 0. The van der Waals surface area contributed by atoms with Gasteiger partial charge in [0.2, 0.25) is 15.8 Å². The van der Waals surface area contributed by atoms with Crippen molar-refractivity contribution in [3.05, 3.63) is 63.8 Å². The Hall–Kier alpha value is -2.49. The van der Waals surface area contributed by atoms with Crippen molar-refractivity contribution < 1.29 is 22.7 Å². The second-order valence-electron chi connectivity index (χ2n) is 7.09. The summed E-state index contributed by atoms with van der Waals surface area (Å²) in [6, 6.07) is 11.1. The normalized spacial score (nSPS) is 11.8. The maximum atomic E-state index is 12.7. The Morgan fingerprint density at radius 1 is 1.17 bits per heavy atom. The fraction of sp³-hybridized carbons (Fsp3) is 0.238. The topological polar surface area (TPSA) is 105 Å². The van der Waals surface area contributed by atoms with Crippen molar-refractivity contribution in [3.63, 3.8) is 0 Å². The molecule has 158 valence electrons. The minimum absolute atomic E-state index is 0.0186. The van der Waals surface area contributed by atoms with Gasteiger partial charge in [0, 0.05) is 32.7 Å². The highest BCUT2D eigenvalue weighted by Gasteiger charge is 2.22. The lowest BCUT2D eigenvalue weighted by Crippen LogP contribution is -2.30. The highest BCUT2D eigenvalue weighted by Crippen LogP contribution is 2.24. The highest BCUT2D eigenvalue weighted by molar-refractivity contribution is 9.10. The number of sulfonamides is 1. The van der Waals surface area contributed by atoms with Crippen LogP contribution in [0.5, 0.6) is 0 Å². The van der Waals surface area contributed by atoms with Gasteiger partial charge in [0.15, 0.2) is 6.61 Å². The third-order valence-electron chi connectivity index (χ3n) is 4.37. The monoisotopic (exact) mass is 492 g/mol. The van der Waals surface area contributed by atoms with Gasteiger partial charge in [0.25, 0.3) is 0 Å². The SMILES string of the molecule is Cc1[nH]c2ccccc2c1C(=O)COC(=O)c1cc(S(=O)(=O)NC(C)C)ccc1Br. The lowest BCUT2D eigenvalue weighted by molar-refractivity contribution is 0.0473. The molecule has 0 atom stereocenters. The molecule has 0 aliphatic rings. The Balaban J connectivity index is 1.80. The number of ether oxygens (including phenoxy) is 1. The molecule has 0 spiro atoms. The molecule has 3 aromatic rings. The van der Waals surface area contributed by atoms with Crippen LogP contribution in [-0.4, -0.2) is 37.8 Å². The van der Waals surface area contributed by atoms with E-state index in [0.29, 0.717) is 15.7 Å². The zero-order chi connectivity index (χ0) is 22.1. The van der Waals surface area contributed by atoms with Crippen LogP contribution in [0.15, 0.2) is 51.8 Å². The number of hydrogen-bond acceptors (Lipinski definition) is 5. The van der Waals surface area contributed by atoms with Crippen LogP contribution < -0.4 is 4.72 Å². The molecule has 0 unspecified atom stereocenters. The number of fused-ring (bicyclic) bond motifs is 1. The van der Waals surface area contributed by atoms with E-state index >= 15 is 0 Å². The molecule has 9 heteroatoms. The number of benzene rings is 2. The lowest BCUT2D eigenvalue weighted by atomic mass is 10.1. The second kappa shape index (κ2) is 8.71. The molecular formula is C21H21BrN2O5S. The minimum Gasteiger partial charge on any atom is -0.454 e. The van der Waals surface area contributed by atoms with Crippen LogP contribution in [0.25, 0.3) is 10.9 Å². The molecule has 0 aliphatic carbocycles. The minimum atomic E-state index is -3.78. The lowest BCUT2D eigenvalue weighted by Gasteiger charge is -2.11. The zero-order valence-electron chi connectivity index (χ0n) is 16.7. The number of para-hydroxylation sites is 1. The smallest absolute Gasteiger partial charge is 0.339 e. The van der Waals surface area contributed by atoms with Gasteiger partial charge in [-0.05, 0) is 61.0 Å². The molecule has 7 nitrogen and oxygen atoms in total. The number of H-pyrrole nitrogens is 1. The molecule has 1 heterocycles. The van der Waals surface area contributed by atoms with Crippen LogP contribution >= 0.6 is 15.9 Å². The van der Waals surface area contributed by atoms with Gasteiger partial charge in [-0.3, -0.25) is 4.79 Å². The molecule has 3 rings (SSSR count). The molecule has 0 radical (unpaired) electrons. The van der Waals surface area contributed by atoms with Crippen molar-refractivity contribution in [2.24, 2.45) is 0 Å². The average Bonchev–Trinajstić information content (AvgIpc) is 3.00. The number of esters is 1. The highest BCUT2D eigenvalue weighted by atomic mass is 79.9. The molecule has 0 saturated carbocycles. The molecule has 30 heavy (non-hydrogen) atoms. The van der Waals surface area contributed by atoms with Gasteiger partial charge < -0.3 is 9.72 Å².